The predicted molar refractivity (Wildman–Crippen MR) is 138 cm³/mol. The number of nitrogens with zero attached hydrogens (tertiary/aromatic N) is 3. The number of hydrogen-bond donors (Lipinski definition) is 2. The molecule has 0 aliphatic carbocycles. The van der Waals surface area contributed by atoms with E-state index < -0.39 is 5.83 Å². The van der Waals surface area contributed by atoms with Gasteiger partial charge in [-0.2, -0.15) is 0 Å². The molecule has 6 nitrogen and oxygen atoms in total. The highest BCUT2D eigenvalue weighted by molar-refractivity contribution is 6.43. The molecule has 180 valence electrons. The first-order chi connectivity index (χ1) is 16.2. The highest BCUT2D eigenvalue weighted by Crippen LogP contribution is 2.33. The summed E-state index contributed by atoms with van der Waals surface area (Å²) in [7, 11) is 0. The average molecular weight is 485 g/mol. The molecule has 0 unspecified atom stereocenters. The van der Waals surface area contributed by atoms with E-state index in [0.29, 0.717) is 41.4 Å². The lowest BCUT2D eigenvalue weighted by atomic mass is 9.97. The van der Waals surface area contributed by atoms with E-state index in [1.807, 2.05) is 25.1 Å². The van der Waals surface area contributed by atoms with Gasteiger partial charge in [-0.3, -0.25) is 30.4 Å². The maximum atomic E-state index is 14.5. The number of hydrogen-bond acceptors (Lipinski definition) is 6. The summed E-state index contributed by atoms with van der Waals surface area (Å²) in [5.41, 5.74) is 4.48. The van der Waals surface area contributed by atoms with Gasteiger partial charge in [0.2, 0.25) is 0 Å². The second kappa shape index (κ2) is 12.9. The third-order valence-electron chi connectivity index (χ3n) is 5.24. The molecule has 0 amide bonds. The predicted octanol–water partition coefficient (Wildman–Crippen LogP) is 5.51. The van der Waals surface area contributed by atoms with Crippen LogP contribution in [0.2, 0.25) is 0 Å². The smallest absolute Gasteiger partial charge is 0.162 e. The van der Waals surface area contributed by atoms with Gasteiger partial charge in [-0.25, -0.2) is 4.39 Å². The van der Waals surface area contributed by atoms with Crippen molar-refractivity contribution in [3.8, 4) is 0 Å². The van der Waals surface area contributed by atoms with Gasteiger partial charge in [-0.1, -0.05) is 55.5 Å². The minimum absolute atomic E-state index is 0.00281. The third kappa shape index (κ3) is 7.18. The van der Waals surface area contributed by atoms with Gasteiger partial charge in [-0.05, 0) is 43.3 Å². The maximum absolute atomic E-state index is 14.5. The molecule has 0 bridgehead atoms. The number of rotatable bonds is 12. The fourth-order valence-electron chi connectivity index (χ4n) is 3.37. The number of aliphatic imine (C=N–C) groups is 2. The molecule has 0 saturated heterocycles. The number of halogens is 2. The number of benzene rings is 1. The molecule has 0 fully saturated rings. The van der Waals surface area contributed by atoms with Gasteiger partial charge in [0.15, 0.2) is 5.78 Å². The zero-order chi connectivity index (χ0) is 25.3. The average Bonchev–Trinajstić information content (AvgIpc) is 3.10. The molecule has 0 spiro atoms. The van der Waals surface area contributed by atoms with Crippen molar-refractivity contribution in [3.05, 3.63) is 88.4 Å². The van der Waals surface area contributed by atoms with Crippen LogP contribution in [0.5, 0.6) is 0 Å². The van der Waals surface area contributed by atoms with Gasteiger partial charge in [0, 0.05) is 24.7 Å². The Morgan fingerprint density at radius 2 is 2.15 bits per heavy atom. The molecule has 1 aromatic rings. The molecule has 0 aromatic heterocycles. The first-order valence-electron chi connectivity index (χ1n) is 10.8. The minimum Gasteiger partial charge on any atom is -0.295 e. The lowest BCUT2D eigenvalue weighted by Gasteiger charge is -2.12. The highest BCUT2D eigenvalue weighted by Gasteiger charge is 2.24. The van der Waals surface area contributed by atoms with Crippen LogP contribution >= 0.6 is 11.6 Å². The van der Waals surface area contributed by atoms with Gasteiger partial charge in [0.25, 0.3) is 0 Å². The fraction of sp³-hybridized carbons (Fsp3) is 0.269. The van der Waals surface area contributed by atoms with Crippen LogP contribution in [0.1, 0.15) is 37.0 Å². The van der Waals surface area contributed by atoms with Crippen molar-refractivity contribution >= 4 is 35.5 Å². The summed E-state index contributed by atoms with van der Waals surface area (Å²) >= 11 is 6.38. The SMILES string of the molecule is C=N/C=C(/Cl)C(Cc1cccc2c1C(=C)N(O)C2)=NCNC/C=C(F)\C(=C/C(=C)CC)C(C)=O. The first kappa shape index (κ1) is 27.1. The fourth-order valence-corrected chi connectivity index (χ4v) is 3.57. The Morgan fingerprint density at radius 1 is 1.41 bits per heavy atom. The van der Waals surface area contributed by atoms with E-state index in [1.54, 1.807) is 0 Å². The van der Waals surface area contributed by atoms with E-state index in [4.69, 9.17) is 11.6 Å². The number of Topliss-reactive ketones (excluding diaryl/α,β-unsaturated/α-hetero) is 1. The maximum Gasteiger partial charge on any atom is 0.162 e. The summed E-state index contributed by atoms with van der Waals surface area (Å²) < 4.78 is 14.5. The van der Waals surface area contributed by atoms with Crippen LogP contribution in [0.4, 0.5) is 4.39 Å². The normalized spacial score (nSPS) is 15.0. The third-order valence-corrected chi connectivity index (χ3v) is 5.56. The zero-order valence-electron chi connectivity index (χ0n) is 19.6. The van der Waals surface area contributed by atoms with E-state index in [1.165, 1.54) is 25.3 Å². The number of carbonyl (C=O) groups excluding carboxylic acids is 1. The molecule has 0 atom stereocenters. The summed E-state index contributed by atoms with van der Waals surface area (Å²) in [6.45, 7) is 15.1. The number of hydroxylamine groups is 2. The molecule has 34 heavy (non-hydrogen) atoms. The first-order valence-corrected chi connectivity index (χ1v) is 11.2. The van der Waals surface area contributed by atoms with E-state index in [2.05, 4.69) is 35.2 Å². The molecule has 1 aromatic carbocycles. The van der Waals surface area contributed by atoms with Crippen LogP contribution in [0.15, 0.2) is 81.7 Å². The van der Waals surface area contributed by atoms with Crippen molar-refractivity contribution in [3.63, 3.8) is 0 Å². The van der Waals surface area contributed by atoms with Crippen LogP contribution in [-0.2, 0) is 17.8 Å². The second-order valence-corrected chi connectivity index (χ2v) is 8.09. The lowest BCUT2D eigenvalue weighted by Crippen LogP contribution is -2.17. The highest BCUT2D eigenvalue weighted by atomic mass is 35.5. The Morgan fingerprint density at radius 3 is 2.79 bits per heavy atom. The quantitative estimate of drug-likeness (QED) is 0.177. The van der Waals surface area contributed by atoms with Gasteiger partial charge in [0.05, 0.1) is 35.2 Å². The topological polar surface area (TPSA) is 77.3 Å². The number of nitrogens with one attached hydrogen (secondary N) is 1. The van der Waals surface area contributed by atoms with Crippen LogP contribution in [0, 0.1) is 0 Å². The Hall–Kier alpha value is -3.13. The molecule has 0 saturated carbocycles. The monoisotopic (exact) mass is 484 g/mol. The Kier molecular flexibility index (Phi) is 10.3. The Labute approximate surface area is 205 Å². The van der Waals surface area contributed by atoms with Gasteiger partial charge >= 0.3 is 0 Å². The molecular weight excluding hydrogens is 455 g/mol. The molecule has 1 aliphatic rings. The lowest BCUT2D eigenvalue weighted by molar-refractivity contribution is -0.113. The van der Waals surface area contributed by atoms with Crippen LogP contribution < -0.4 is 5.32 Å². The number of carbonyl (C=O) groups is 1. The van der Waals surface area contributed by atoms with Crippen molar-refractivity contribution in [1.29, 1.82) is 0 Å². The summed E-state index contributed by atoms with van der Waals surface area (Å²) in [4.78, 5) is 20.0. The van der Waals surface area contributed by atoms with Gasteiger partial charge in [0.1, 0.15) is 5.83 Å². The van der Waals surface area contributed by atoms with Crippen LogP contribution in [-0.4, -0.2) is 41.7 Å². The molecule has 0 radical (unpaired) electrons. The summed E-state index contributed by atoms with van der Waals surface area (Å²) in [5, 5.41) is 14.4. The van der Waals surface area contributed by atoms with Crippen LogP contribution in [0.3, 0.4) is 0 Å². The Balaban J connectivity index is 2.15. The molecular formula is C26H30ClFN4O2. The van der Waals surface area contributed by atoms with Crippen molar-refractivity contribution in [2.75, 3.05) is 13.2 Å². The van der Waals surface area contributed by atoms with Crippen molar-refractivity contribution in [2.45, 2.75) is 33.2 Å². The van der Waals surface area contributed by atoms with E-state index in [-0.39, 0.29) is 24.6 Å². The standard InChI is InChI=1S/C26H30ClFN4O2/c1-6-17(2)12-22(19(4)33)24(28)10-11-30-16-31-25(23(27)14-29-5)13-20-8-7-9-21-15-32(34)18(3)26(20)21/h7-10,12,14,30,34H,2-3,5-6,11,13,15-16H2,1,4H3/b22-12-,23-14+,24-10+,31-25?. The Bertz CT molecular complexity index is 1100. The summed E-state index contributed by atoms with van der Waals surface area (Å²) in [6, 6.07) is 5.76. The van der Waals surface area contributed by atoms with E-state index >= 15 is 0 Å². The second-order valence-electron chi connectivity index (χ2n) is 7.69. The molecule has 2 rings (SSSR count). The van der Waals surface area contributed by atoms with Gasteiger partial charge < -0.3 is 0 Å². The van der Waals surface area contributed by atoms with Crippen molar-refractivity contribution in [1.82, 2.24) is 10.4 Å². The summed E-state index contributed by atoms with van der Waals surface area (Å²) in [6.07, 6.45) is 5.17. The van der Waals surface area contributed by atoms with Crippen LogP contribution in [0.25, 0.3) is 5.70 Å². The van der Waals surface area contributed by atoms with Crippen molar-refractivity contribution < 1.29 is 14.4 Å². The van der Waals surface area contributed by atoms with Gasteiger partial charge in [-0.15, -0.1) is 0 Å². The van der Waals surface area contributed by atoms with Crippen molar-refractivity contribution in [2.24, 2.45) is 9.98 Å². The molecule has 2 N–H and O–H groups in total. The van der Waals surface area contributed by atoms with E-state index in [9.17, 15) is 14.4 Å². The number of allylic oxidation sites excluding steroid dienone is 5. The summed E-state index contributed by atoms with van der Waals surface area (Å²) in [5.74, 6) is -0.976. The van der Waals surface area contributed by atoms with E-state index in [0.717, 1.165) is 21.8 Å². The molecule has 1 heterocycles. The molecule has 1 aliphatic heterocycles. The largest absolute Gasteiger partial charge is 0.295 e. The minimum atomic E-state index is -0.612. The number of ketones is 1. The zero-order valence-corrected chi connectivity index (χ0v) is 20.3. The molecule has 8 heteroatoms. The number of fused-ring (bicyclic) bond motifs is 1.